The van der Waals surface area contributed by atoms with Crippen molar-refractivity contribution >= 4 is 29.2 Å². The molecule has 3 N–H and O–H groups in total. The van der Waals surface area contributed by atoms with Gasteiger partial charge in [-0.05, 0) is 49.3 Å². The fourth-order valence-electron chi connectivity index (χ4n) is 4.85. The number of anilines is 1. The normalized spacial score (nSPS) is 37.9. The number of halogens is 1. The van der Waals surface area contributed by atoms with E-state index in [1.165, 1.54) is 0 Å². The first-order valence-electron chi connectivity index (χ1n) is 7.96. The van der Waals surface area contributed by atoms with E-state index in [0.717, 1.165) is 18.5 Å². The number of benzene rings is 1. The Bertz CT molecular complexity index is 722. The van der Waals surface area contributed by atoms with Crippen LogP contribution in [0.2, 0.25) is 5.02 Å². The molecule has 3 aliphatic carbocycles. The van der Waals surface area contributed by atoms with Gasteiger partial charge in [0.25, 0.3) is 5.91 Å². The van der Waals surface area contributed by atoms with E-state index in [9.17, 15) is 14.7 Å². The van der Waals surface area contributed by atoms with Crippen LogP contribution in [0.1, 0.15) is 43.0 Å². The molecule has 3 fully saturated rings. The van der Waals surface area contributed by atoms with Crippen molar-refractivity contribution in [2.75, 3.05) is 5.32 Å². The maximum Gasteiger partial charge on any atom is 0.307 e. The first kappa shape index (κ1) is 14.8. The molecular formula is C17H19ClN2O3. The number of hydrogen-bond acceptors (Lipinski definition) is 3. The number of aliphatic carboxylic acids is 1. The first-order valence-corrected chi connectivity index (χ1v) is 8.34. The van der Waals surface area contributed by atoms with E-state index >= 15 is 0 Å². The average molecular weight is 335 g/mol. The molecule has 0 unspecified atom stereocenters. The second-order valence-electron chi connectivity index (χ2n) is 7.43. The fraction of sp³-hybridized carbons (Fsp3) is 0.529. The third kappa shape index (κ3) is 2.06. The number of carbonyl (C=O) groups is 2. The maximum atomic E-state index is 12.6. The average Bonchev–Trinajstić information content (AvgIpc) is 2.47. The lowest BCUT2D eigenvalue weighted by atomic mass is 9.51. The molecular weight excluding hydrogens is 316 g/mol. The molecule has 1 spiro atoms. The van der Waals surface area contributed by atoms with Crippen LogP contribution in [0.4, 0.5) is 5.69 Å². The van der Waals surface area contributed by atoms with Gasteiger partial charge in [-0.2, -0.15) is 0 Å². The van der Waals surface area contributed by atoms with Gasteiger partial charge in [0.2, 0.25) is 0 Å². The van der Waals surface area contributed by atoms with Gasteiger partial charge in [-0.3, -0.25) is 9.59 Å². The Morgan fingerprint density at radius 2 is 2.17 bits per heavy atom. The molecule has 1 aliphatic heterocycles. The monoisotopic (exact) mass is 334 g/mol. The molecule has 5 rings (SSSR count). The van der Waals surface area contributed by atoms with Crippen molar-refractivity contribution in [1.82, 2.24) is 5.32 Å². The number of fused-ring (bicyclic) bond motifs is 3. The van der Waals surface area contributed by atoms with Gasteiger partial charge in [0.15, 0.2) is 0 Å². The van der Waals surface area contributed by atoms with Crippen molar-refractivity contribution in [2.45, 2.75) is 38.3 Å². The Morgan fingerprint density at radius 1 is 1.39 bits per heavy atom. The van der Waals surface area contributed by atoms with Crippen molar-refractivity contribution in [3.63, 3.8) is 0 Å². The van der Waals surface area contributed by atoms with E-state index < -0.39 is 11.6 Å². The summed E-state index contributed by atoms with van der Waals surface area (Å²) in [5.74, 6) is -1.07. The second kappa shape index (κ2) is 4.63. The molecule has 1 aromatic rings. The maximum absolute atomic E-state index is 12.6. The number of carboxylic acids is 1. The number of nitrogens with one attached hydrogen (secondary N) is 2. The summed E-state index contributed by atoms with van der Waals surface area (Å²) in [6, 6.07) is 5.26. The standard InChI is InChI=1S/C17H19ClN2O3/c1-16-5-4-9(6-12(16)15(22)23)17(8-16)19-13-3-2-10(18)7-11(13)14(21)20-17/h2-3,7,9,12,19H,4-6,8H2,1H3,(H,20,21)(H,22,23)/t9-,12+,16-,17-/m0/s1. The number of carboxylic acid groups (broad SMARTS) is 1. The molecule has 0 aromatic heterocycles. The predicted molar refractivity (Wildman–Crippen MR) is 86.5 cm³/mol. The number of rotatable bonds is 1. The number of carbonyl (C=O) groups excluding carboxylic acids is 1. The lowest BCUT2D eigenvalue weighted by Gasteiger charge is -2.60. The minimum atomic E-state index is -0.721. The highest BCUT2D eigenvalue weighted by Gasteiger charge is 2.60. The molecule has 0 saturated heterocycles. The quantitative estimate of drug-likeness (QED) is 0.737. The summed E-state index contributed by atoms with van der Waals surface area (Å²) < 4.78 is 0. The Kier molecular flexibility index (Phi) is 2.98. The van der Waals surface area contributed by atoms with Crippen molar-refractivity contribution < 1.29 is 14.7 Å². The summed E-state index contributed by atoms with van der Waals surface area (Å²) >= 11 is 5.99. The van der Waals surface area contributed by atoms with Crippen LogP contribution in [0.5, 0.6) is 0 Å². The Balaban J connectivity index is 1.73. The molecule has 23 heavy (non-hydrogen) atoms. The minimum Gasteiger partial charge on any atom is -0.481 e. The lowest BCUT2D eigenvalue weighted by Crippen LogP contribution is -2.69. The van der Waals surface area contributed by atoms with Gasteiger partial charge < -0.3 is 15.7 Å². The predicted octanol–water partition coefficient (Wildman–Crippen LogP) is 3.10. The molecule has 2 bridgehead atoms. The highest BCUT2D eigenvalue weighted by Crippen LogP contribution is 2.58. The van der Waals surface area contributed by atoms with Crippen molar-refractivity contribution in [3.05, 3.63) is 28.8 Å². The fourth-order valence-corrected chi connectivity index (χ4v) is 5.02. The van der Waals surface area contributed by atoms with Crippen LogP contribution in [0.3, 0.4) is 0 Å². The van der Waals surface area contributed by atoms with E-state index in [-0.39, 0.29) is 23.2 Å². The summed E-state index contributed by atoms with van der Waals surface area (Å²) in [5.41, 5.74) is 0.479. The highest BCUT2D eigenvalue weighted by atomic mass is 35.5. The number of amides is 1. The molecule has 6 heteroatoms. The van der Waals surface area contributed by atoms with Crippen LogP contribution in [-0.2, 0) is 4.79 Å². The van der Waals surface area contributed by atoms with E-state index in [0.29, 0.717) is 23.4 Å². The van der Waals surface area contributed by atoms with Gasteiger partial charge in [0, 0.05) is 16.6 Å². The van der Waals surface area contributed by atoms with Gasteiger partial charge in [-0.1, -0.05) is 18.5 Å². The zero-order valence-electron chi connectivity index (χ0n) is 12.9. The van der Waals surface area contributed by atoms with E-state index in [1.807, 2.05) is 13.0 Å². The van der Waals surface area contributed by atoms with Crippen LogP contribution in [0.25, 0.3) is 0 Å². The largest absolute Gasteiger partial charge is 0.481 e. The van der Waals surface area contributed by atoms with Crippen LogP contribution < -0.4 is 10.6 Å². The number of hydrogen-bond donors (Lipinski definition) is 3. The molecule has 4 atom stereocenters. The highest BCUT2D eigenvalue weighted by molar-refractivity contribution is 6.31. The SMILES string of the molecule is C[C@@]12CC[C@@H](C[C@@H]1C(=O)O)[C@]1(C2)NC(=O)c2cc(Cl)ccc2N1. The Morgan fingerprint density at radius 3 is 2.87 bits per heavy atom. The topological polar surface area (TPSA) is 78.4 Å². The summed E-state index contributed by atoms with van der Waals surface area (Å²) in [6.45, 7) is 2.04. The summed E-state index contributed by atoms with van der Waals surface area (Å²) in [4.78, 5) is 24.2. The lowest BCUT2D eigenvalue weighted by molar-refractivity contribution is -0.156. The molecule has 5 nitrogen and oxygen atoms in total. The first-order chi connectivity index (χ1) is 10.8. The second-order valence-corrected chi connectivity index (χ2v) is 7.87. The molecule has 1 heterocycles. The summed E-state index contributed by atoms with van der Waals surface area (Å²) in [7, 11) is 0. The van der Waals surface area contributed by atoms with Crippen molar-refractivity contribution in [3.8, 4) is 0 Å². The Hall–Kier alpha value is -1.75. The Labute approximate surface area is 139 Å². The smallest absolute Gasteiger partial charge is 0.307 e. The molecule has 3 saturated carbocycles. The van der Waals surface area contributed by atoms with Gasteiger partial charge in [0.1, 0.15) is 5.66 Å². The zero-order valence-corrected chi connectivity index (χ0v) is 13.6. The van der Waals surface area contributed by atoms with Gasteiger partial charge in [-0.15, -0.1) is 0 Å². The van der Waals surface area contributed by atoms with Crippen molar-refractivity contribution in [1.29, 1.82) is 0 Å². The van der Waals surface area contributed by atoms with Crippen LogP contribution in [0, 0.1) is 17.3 Å². The van der Waals surface area contributed by atoms with Gasteiger partial charge >= 0.3 is 5.97 Å². The molecule has 122 valence electrons. The molecule has 0 radical (unpaired) electrons. The molecule has 1 amide bonds. The van der Waals surface area contributed by atoms with Crippen molar-refractivity contribution in [2.24, 2.45) is 17.3 Å². The zero-order chi connectivity index (χ0) is 16.4. The summed E-state index contributed by atoms with van der Waals surface area (Å²) in [5, 5.41) is 16.7. The van der Waals surface area contributed by atoms with Crippen LogP contribution >= 0.6 is 11.6 Å². The summed E-state index contributed by atoms with van der Waals surface area (Å²) in [6.07, 6.45) is 3.05. The molecule has 4 aliphatic rings. The van der Waals surface area contributed by atoms with Gasteiger partial charge in [0.05, 0.1) is 11.5 Å². The van der Waals surface area contributed by atoms with Crippen LogP contribution in [0.15, 0.2) is 18.2 Å². The third-order valence-corrected chi connectivity index (χ3v) is 6.26. The van der Waals surface area contributed by atoms with Gasteiger partial charge in [-0.25, -0.2) is 0 Å². The van der Waals surface area contributed by atoms with Crippen LogP contribution in [-0.4, -0.2) is 22.6 Å². The minimum absolute atomic E-state index is 0.123. The third-order valence-electron chi connectivity index (χ3n) is 6.02. The van der Waals surface area contributed by atoms with E-state index in [4.69, 9.17) is 11.6 Å². The van der Waals surface area contributed by atoms with E-state index in [1.54, 1.807) is 12.1 Å². The van der Waals surface area contributed by atoms with E-state index in [2.05, 4.69) is 10.6 Å². The molecule has 1 aromatic carbocycles.